The van der Waals surface area contributed by atoms with Crippen LogP contribution in [-0.2, 0) is 24.0 Å². The van der Waals surface area contributed by atoms with E-state index < -0.39 is 29.2 Å². The van der Waals surface area contributed by atoms with E-state index in [9.17, 15) is 19.5 Å². The Morgan fingerprint density at radius 3 is 2.76 bits per heavy atom. The third-order valence-electron chi connectivity index (χ3n) is 4.02. The van der Waals surface area contributed by atoms with Crippen molar-refractivity contribution in [3.05, 3.63) is 22.3 Å². The third kappa shape index (κ3) is 4.50. The number of ether oxygens (including phenoxy) is 1. The summed E-state index contributed by atoms with van der Waals surface area (Å²) >= 11 is 2.47. The molecule has 4 N–H and O–H groups in total. The molecule has 11 nitrogen and oxygen atoms in total. The second kappa shape index (κ2) is 9.75. The number of oxime groups is 1. The second-order valence-corrected chi connectivity index (χ2v) is 7.74. The van der Waals surface area contributed by atoms with Crippen LogP contribution in [0.4, 0.5) is 5.13 Å². The molecule has 2 aliphatic heterocycles. The molecule has 0 unspecified atom stereocenters. The molecule has 29 heavy (non-hydrogen) atoms. The molecule has 0 spiro atoms. The Labute approximate surface area is 189 Å². The number of anilines is 1. The van der Waals surface area contributed by atoms with Gasteiger partial charge in [-0.2, -0.15) is 0 Å². The first-order valence-electron chi connectivity index (χ1n) is 7.91. The van der Waals surface area contributed by atoms with Gasteiger partial charge in [0.25, 0.3) is 11.8 Å². The molecular formula is C15H19MgN5O6S2. The number of methoxy groups -OCH3 is 1. The average molecular weight is 454 g/mol. The zero-order valence-electron chi connectivity index (χ0n) is 14.9. The van der Waals surface area contributed by atoms with Crippen molar-refractivity contribution in [3.63, 3.8) is 0 Å². The van der Waals surface area contributed by atoms with Gasteiger partial charge < -0.3 is 25.7 Å². The van der Waals surface area contributed by atoms with Crippen molar-refractivity contribution in [2.24, 2.45) is 5.16 Å². The number of thioether (sulfide) groups is 1. The maximum Gasteiger partial charge on any atom is 0.352 e. The number of carbonyl (C=O) groups excluding carboxylic acids is 2. The van der Waals surface area contributed by atoms with E-state index >= 15 is 0 Å². The Kier molecular flexibility index (Phi) is 7.87. The highest BCUT2D eigenvalue weighted by Gasteiger charge is 2.54. The minimum atomic E-state index is -1.21. The highest BCUT2D eigenvalue weighted by Crippen LogP contribution is 2.40. The molecule has 1 saturated heterocycles. The summed E-state index contributed by atoms with van der Waals surface area (Å²) in [5.41, 5.74) is 6.09. The Morgan fingerprint density at radius 2 is 2.21 bits per heavy atom. The zero-order chi connectivity index (χ0) is 20.4. The highest BCUT2D eigenvalue weighted by molar-refractivity contribution is 8.00. The average Bonchev–Trinajstić information content (AvgIpc) is 3.09. The number of carbonyl (C=O) groups is 3. The Bertz CT molecular complexity index is 888. The molecule has 0 radical (unpaired) electrons. The maximum absolute atomic E-state index is 12.6. The molecule has 1 aromatic rings. The number of nitrogens with one attached hydrogen (secondary N) is 1. The predicted octanol–water partition coefficient (Wildman–Crippen LogP) is -1.46. The topological polar surface area (TPSA) is 156 Å². The van der Waals surface area contributed by atoms with Gasteiger partial charge in [0, 0.05) is 18.2 Å². The quantitative estimate of drug-likeness (QED) is 0.194. The number of hydrogen-bond acceptors (Lipinski definition) is 10. The van der Waals surface area contributed by atoms with Gasteiger partial charge in [0.05, 0.1) is 6.61 Å². The molecule has 3 rings (SSSR count). The van der Waals surface area contributed by atoms with E-state index in [1.807, 2.05) is 0 Å². The fourth-order valence-corrected chi connectivity index (χ4v) is 4.75. The number of nitrogens with zero attached hydrogens (tertiary/aromatic N) is 3. The summed E-state index contributed by atoms with van der Waals surface area (Å²) in [6.07, 6.45) is 0. The van der Waals surface area contributed by atoms with Crippen LogP contribution in [0.2, 0.25) is 0 Å². The molecule has 0 bridgehead atoms. The van der Waals surface area contributed by atoms with Gasteiger partial charge >= 0.3 is 29.0 Å². The number of carboxylic acid groups (broad SMARTS) is 1. The molecule has 0 saturated carbocycles. The first-order chi connectivity index (χ1) is 13.4. The number of nitrogen functional groups attached to an aromatic ring is 1. The van der Waals surface area contributed by atoms with Crippen molar-refractivity contribution < 1.29 is 29.1 Å². The van der Waals surface area contributed by atoms with Gasteiger partial charge in [-0.25, -0.2) is 9.78 Å². The van der Waals surface area contributed by atoms with Crippen LogP contribution in [0.3, 0.4) is 0 Å². The van der Waals surface area contributed by atoms with Crippen LogP contribution in [0.1, 0.15) is 5.69 Å². The number of thiazole rings is 1. The maximum atomic E-state index is 12.6. The van der Waals surface area contributed by atoms with E-state index in [-0.39, 0.29) is 51.9 Å². The van der Waals surface area contributed by atoms with Crippen LogP contribution >= 0.6 is 23.1 Å². The van der Waals surface area contributed by atoms with Crippen molar-refractivity contribution in [1.29, 1.82) is 0 Å². The molecule has 0 aliphatic carbocycles. The van der Waals surface area contributed by atoms with Gasteiger partial charge in [-0.1, -0.05) is 5.16 Å². The fourth-order valence-electron chi connectivity index (χ4n) is 2.87. The van der Waals surface area contributed by atoms with Crippen LogP contribution in [0.15, 0.2) is 21.8 Å². The number of nitrogens with two attached hydrogens (primary N) is 1. The van der Waals surface area contributed by atoms with E-state index in [0.717, 1.165) is 11.3 Å². The second-order valence-electron chi connectivity index (χ2n) is 5.74. The number of aliphatic carboxylic acids is 1. The van der Waals surface area contributed by atoms with Crippen molar-refractivity contribution in [3.8, 4) is 0 Å². The molecule has 154 valence electrons. The number of hydrogen-bond donors (Lipinski definition) is 3. The standard InChI is InChI=1S/C15H17N5O6S2.Mg.2H/c1-25-3-6-4-27-13-9(12(22)20(13)10(6)14(23)24)18-11(21)8(19-26-2)7-5-28-15(16)17-7;;;/h5,9,13H,3-4H2,1-2H3,(H2,16,17)(H,18,21)(H,23,24);;;/b19-8+;;;/t9-,13-;;;/m1.../s1. The fraction of sp³-hybridized carbons (Fsp3) is 0.400. The van der Waals surface area contributed by atoms with Crippen LogP contribution in [0.5, 0.6) is 0 Å². The lowest BCUT2D eigenvalue weighted by Gasteiger charge is -2.49. The number of carboxylic acids is 1. The van der Waals surface area contributed by atoms with Crippen molar-refractivity contribution >= 4 is 74.8 Å². The van der Waals surface area contributed by atoms with Gasteiger partial charge in [-0.05, 0) is 5.57 Å². The lowest BCUT2D eigenvalue weighted by Crippen LogP contribution is -2.71. The summed E-state index contributed by atoms with van der Waals surface area (Å²) in [6, 6.07) is -0.894. The van der Waals surface area contributed by atoms with Crippen molar-refractivity contribution in [2.75, 3.05) is 32.3 Å². The van der Waals surface area contributed by atoms with E-state index in [1.54, 1.807) is 5.38 Å². The number of rotatable bonds is 7. The van der Waals surface area contributed by atoms with E-state index in [4.69, 9.17) is 15.3 Å². The zero-order valence-corrected chi connectivity index (χ0v) is 16.5. The Morgan fingerprint density at radius 1 is 1.48 bits per heavy atom. The molecule has 3 heterocycles. The monoisotopic (exact) mass is 453 g/mol. The summed E-state index contributed by atoms with van der Waals surface area (Å²) in [7, 11) is 2.73. The Hall–Kier alpha value is -1.87. The summed E-state index contributed by atoms with van der Waals surface area (Å²) in [5.74, 6) is -2.03. The lowest BCUT2D eigenvalue weighted by molar-refractivity contribution is -0.150. The van der Waals surface area contributed by atoms with E-state index in [1.165, 1.54) is 30.9 Å². The van der Waals surface area contributed by atoms with Gasteiger partial charge in [0.2, 0.25) is 0 Å². The molecule has 2 aliphatic rings. The van der Waals surface area contributed by atoms with Crippen molar-refractivity contribution in [1.82, 2.24) is 15.2 Å². The van der Waals surface area contributed by atoms with Crippen LogP contribution in [0.25, 0.3) is 0 Å². The predicted molar refractivity (Wildman–Crippen MR) is 110 cm³/mol. The first-order valence-corrected chi connectivity index (χ1v) is 9.84. The summed E-state index contributed by atoms with van der Waals surface area (Å²) in [6.45, 7) is 0.109. The largest absolute Gasteiger partial charge is 0.477 e. The molecule has 1 aromatic heterocycles. The number of amides is 2. The number of β-lactam (4-membered cyclic amide) rings is 1. The summed E-state index contributed by atoms with van der Waals surface area (Å²) < 4.78 is 5.02. The molecule has 1 fully saturated rings. The SMILES string of the molecule is COCC1=C(C(=O)O)N2C(=O)[C@@H](NC(=O)/C(=N/OC)c3csc(N)n3)[C@H]2SC1.[MgH2]. The number of aromatic nitrogens is 1. The van der Waals surface area contributed by atoms with Crippen LogP contribution in [0, 0.1) is 0 Å². The number of fused-ring (bicyclic) bond motifs is 1. The molecule has 2 atom stereocenters. The minimum Gasteiger partial charge on any atom is -0.477 e. The highest BCUT2D eigenvalue weighted by atomic mass is 32.2. The van der Waals surface area contributed by atoms with E-state index in [2.05, 4.69) is 15.5 Å². The van der Waals surface area contributed by atoms with Gasteiger partial charge in [0.1, 0.15) is 29.9 Å². The van der Waals surface area contributed by atoms with Crippen LogP contribution in [-0.4, -0.2) is 99.5 Å². The van der Waals surface area contributed by atoms with Gasteiger partial charge in [-0.15, -0.1) is 23.1 Å². The van der Waals surface area contributed by atoms with Gasteiger partial charge in [0.15, 0.2) is 10.8 Å². The first kappa shape index (κ1) is 23.4. The molecule has 0 aromatic carbocycles. The van der Waals surface area contributed by atoms with Crippen LogP contribution < -0.4 is 11.1 Å². The third-order valence-corrected chi connectivity index (χ3v) is 6.03. The molecular weight excluding hydrogens is 435 g/mol. The smallest absolute Gasteiger partial charge is 0.352 e. The van der Waals surface area contributed by atoms with Gasteiger partial charge in [-0.3, -0.25) is 14.5 Å². The minimum absolute atomic E-state index is 0. The summed E-state index contributed by atoms with van der Waals surface area (Å²) in [4.78, 5) is 46.7. The van der Waals surface area contributed by atoms with Crippen molar-refractivity contribution in [2.45, 2.75) is 11.4 Å². The Balaban J connectivity index is 0.00000300. The lowest BCUT2D eigenvalue weighted by atomic mass is 10.0. The summed E-state index contributed by atoms with van der Waals surface area (Å²) in [5, 5.41) is 17.0. The molecule has 2 amide bonds. The normalized spacial score (nSPS) is 21.1. The van der Waals surface area contributed by atoms with E-state index in [0.29, 0.717) is 11.3 Å². The molecule has 14 heteroatoms.